The van der Waals surface area contributed by atoms with E-state index in [9.17, 15) is 28.8 Å². The van der Waals surface area contributed by atoms with E-state index < -0.39 is 72.7 Å². The van der Waals surface area contributed by atoms with Crippen LogP contribution >= 0.6 is 0 Å². The molecule has 13 nitrogen and oxygen atoms in total. The smallest absolute Gasteiger partial charge is 0.322 e. The van der Waals surface area contributed by atoms with E-state index in [1.807, 2.05) is 13.8 Å². The number of aliphatic carboxylic acids is 2. The Labute approximate surface area is 249 Å². The average Bonchev–Trinajstić information content (AvgIpc) is 2.95. The maximum absolute atomic E-state index is 13.6. The van der Waals surface area contributed by atoms with Crippen molar-refractivity contribution in [3.63, 3.8) is 0 Å². The van der Waals surface area contributed by atoms with Gasteiger partial charge in [0.15, 0.2) is 0 Å². The molecule has 0 saturated heterocycles. The Bertz CT molecular complexity index is 1260. The molecule has 0 aliphatic carbocycles. The summed E-state index contributed by atoms with van der Waals surface area (Å²) in [5, 5.41) is 28.0. The number of rotatable bonds is 17. The number of carbonyl (C=O) groups is 6. The molecule has 2 aromatic carbocycles. The Morgan fingerprint density at radius 3 is 1.51 bits per heavy atom. The van der Waals surface area contributed by atoms with E-state index in [0.29, 0.717) is 11.1 Å². The molecule has 0 aromatic heterocycles. The molecule has 4 amide bonds. The minimum absolute atomic E-state index is 0.0193. The highest BCUT2D eigenvalue weighted by molar-refractivity contribution is 5.95. The lowest BCUT2D eigenvalue weighted by atomic mass is 10.00. The van der Waals surface area contributed by atoms with Crippen LogP contribution in [0.3, 0.4) is 0 Å². The van der Waals surface area contributed by atoms with Crippen molar-refractivity contribution in [2.45, 2.75) is 63.7 Å². The summed E-state index contributed by atoms with van der Waals surface area (Å²) in [5.74, 6) is -5.53. The molecule has 0 fully saturated rings. The van der Waals surface area contributed by atoms with Gasteiger partial charge in [-0.15, -0.1) is 0 Å². The summed E-state index contributed by atoms with van der Waals surface area (Å²) < 4.78 is 0. The fourth-order valence-electron chi connectivity index (χ4n) is 4.21. The number of amides is 4. The van der Waals surface area contributed by atoms with E-state index in [1.54, 1.807) is 60.7 Å². The maximum Gasteiger partial charge on any atom is 0.322 e. The molecule has 4 atom stereocenters. The lowest BCUT2D eigenvalue weighted by molar-refractivity contribution is -0.140. The van der Waals surface area contributed by atoms with Gasteiger partial charge in [0.05, 0.1) is 12.5 Å². The Balaban J connectivity index is 2.33. The van der Waals surface area contributed by atoms with Gasteiger partial charge in [-0.25, -0.2) is 0 Å². The van der Waals surface area contributed by atoms with Crippen LogP contribution in [-0.2, 0) is 41.6 Å². The molecule has 43 heavy (non-hydrogen) atoms. The van der Waals surface area contributed by atoms with Crippen LogP contribution < -0.4 is 27.0 Å². The summed E-state index contributed by atoms with van der Waals surface area (Å²) in [6.45, 7) is 3.04. The molecule has 0 heterocycles. The Morgan fingerprint density at radius 1 is 0.651 bits per heavy atom. The number of carboxylic acid groups (broad SMARTS) is 2. The van der Waals surface area contributed by atoms with Crippen molar-refractivity contribution in [2.75, 3.05) is 6.54 Å². The molecule has 0 saturated carbocycles. The molecule has 232 valence electrons. The Kier molecular flexibility index (Phi) is 13.8. The van der Waals surface area contributed by atoms with Crippen molar-refractivity contribution in [3.05, 3.63) is 71.8 Å². The fraction of sp³-hybridized carbons (Fsp3) is 0.400. The molecule has 0 spiro atoms. The minimum Gasteiger partial charge on any atom is -0.481 e. The van der Waals surface area contributed by atoms with Gasteiger partial charge < -0.3 is 37.2 Å². The third-order valence-electron chi connectivity index (χ3n) is 6.32. The first-order valence-electron chi connectivity index (χ1n) is 13.8. The normalized spacial score (nSPS) is 13.6. The van der Waals surface area contributed by atoms with Crippen LogP contribution in [0.2, 0.25) is 0 Å². The molecule has 0 bridgehead atoms. The summed E-state index contributed by atoms with van der Waals surface area (Å²) in [6.07, 6.45) is -0.386. The number of hydrogen-bond acceptors (Lipinski definition) is 7. The van der Waals surface area contributed by atoms with Crippen LogP contribution in [-0.4, -0.2) is 76.5 Å². The first kappa shape index (κ1) is 34.4. The van der Waals surface area contributed by atoms with Crippen molar-refractivity contribution in [1.29, 1.82) is 0 Å². The van der Waals surface area contributed by atoms with Gasteiger partial charge in [0.2, 0.25) is 23.6 Å². The zero-order valence-electron chi connectivity index (χ0n) is 24.1. The second-order valence-corrected chi connectivity index (χ2v) is 10.5. The summed E-state index contributed by atoms with van der Waals surface area (Å²) in [6, 6.07) is 12.7. The molecule has 0 aliphatic rings. The Hall–Kier alpha value is -4.78. The molecular formula is C30H39N5O8. The molecule has 0 radical (unpaired) electrons. The summed E-state index contributed by atoms with van der Waals surface area (Å²) in [5.41, 5.74) is 7.10. The number of nitrogens with one attached hydrogen (secondary N) is 4. The van der Waals surface area contributed by atoms with Gasteiger partial charge in [0.1, 0.15) is 24.7 Å². The number of benzene rings is 2. The summed E-state index contributed by atoms with van der Waals surface area (Å²) in [4.78, 5) is 74.6. The summed E-state index contributed by atoms with van der Waals surface area (Å²) in [7, 11) is 0. The maximum atomic E-state index is 13.6. The van der Waals surface area contributed by atoms with E-state index in [0.717, 1.165) is 0 Å². The molecule has 8 N–H and O–H groups in total. The largest absolute Gasteiger partial charge is 0.481 e. The molecule has 0 unspecified atom stereocenters. The second-order valence-electron chi connectivity index (χ2n) is 10.5. The average molecular weight is 598 g/mol. The lowest BCUT2D eigenvalue weighted by Gasteiger charge is -2.26. The highest BCUT2D eigenvalue weighted by Crippen LogP contribution is 2.10. The first-order valence-corrected chi connectivity index (χ1v) is 13.8. The SMILES string of the molecule is CC(C)C[C@H](NC(=O)[C@H](Cc1ccccc1)NC(=O)[C@H](Cc1ccccc1)NC(=O)[C@@H](N)CC(=O)O)C(=O)NCC(=O)O. The number of carbonyl (C=O) groups excluding carboxylic acids is 4. The van der Waals surface area contributed by atoms with Crippen LogP contribution in [0, 0.1) is 5.92 Å². The zero-order valence-corrected chi connectivity index (χ0v) is 24.1. The molecule has 2 aromatic rings. The quantitative estimate of drug-likeness (QED) is 0.130. The molecular weight excluding hydrogens is 558 g/mol. The van der Waals surface area contributed by atoms with Crippen LogP contribution in [0.5, 0.6) is 0 Å². The lowest BCUT2D eigenvalue weighted by Crippen LogP contribution is -2.59. The van der Waals surface area contributed by atoms with Crippen LogP contribution in [0.1, 0.15) is 37.8 Å². The van der Waals surface area contributed by atoms with Gasteiger partial charge in [-0.05, 0) is 23.5 Å². The predicted molar refractivity (Wildman–Crippen MR) is 156 cm³/mol. The van der Waals surface area contributed by atoms with Gasteiger partial charge in [-0.1, -0.05) is 74.5 Å². The standard InChI is InChI=1S/C30H39N5O8/c1-18(2)13-22(28(41)32-17-26(38)39)34-30(43)24(15-20-11-7-4-8-12-20)35-29(42)23(14-19-9-5-3-6-10-19)33-27(40)21(31)16-25(36)37/h3-12,18,21-24H,13-17,31H2,1-2H3,(H,32,41)(H,33,40)(H,34,43)(H,35,42)(H,36,37)(H,38,39)/t21-,22-,23-,24-/m0/s1. The van der Waals surface area contributed by atoms with Gasteiger partial charge in [-0.3, -0.25) is 28.8 Å². The van der Waals surface area contributed by atoms with Crippen molar-refractivity contribution in [3.8, 4) is 0 Å². The van der Waals surface area contributed by atoms with E-state index in [4.69, 9.17) is 15.9 Å². The van der Waals surface area contributed by atoms with Gasteiger partial charge in [0.25, 0.3) is 0 Å². The highest BCUT2D eigenvalue weighted by Gasteiger charge is 2.31. The van der Waals surface area contributed by atoms with Crippen LogP contribution in [0.15, 0.2) is 60.7 Å². The number of hydrogen-bond donors (Lipinski definition) is 7. The molecule has 2 rings (SSSR count). The van der Waals surface area contributed by atoms with E-state index >= 15 is 0 Å². The van der Waals surface area contributed by atoms with Crippen LogP contribution in [0.4, 0.5) is 0 Å². The second kappa shape index (κ2) is 17.2. The number of carboxylic acids is 2. The van der Waals surface area contributed by atoms with Crippen molar-refractivity contribution < 1.29 is 39.0 Å². The third kappa shape index (κ3) is 12.7. The van der Waals surface area contributed by atoms with Crippen molar-refractivity contribution in [2.24, 2.45) is 11.7 Å². The summed E-state index contributed by atoms with van der Waals surface area (Å²) >= 11 is 0. The van der Waals surface area contributed by atoms with Gasteiger partial charge >= 0.3 is 11.9 Å². The van der Waals surface area contributed by atoms with E-state index in [1.165, 1.54) is 0 Å². The number of nitrogens with two attached hydrogens (primary N) is 1. The first-order chi connectivity index (χ1) is 20.3. The van der Waals surface area contributed by atoms with E-state index in [-0.39, 0.29) is 25.2 Å². The highest BCUT2D eigenvalue weighted by atomic mass is 16.4. The van der Waals surface area contributed by atoms with Gasteiger partial charge in [-0.2, -0.15) is 0 Å². The fourth-order valence-corrected chi connectivity index (χ4v) is 4.21. The topological polar surface area (TPSA) is 217 Å². The molecule has 13 heteroatoms. The van der Waals surface area contributed by atoms with Crippen molar-refractivity contribution in [1.82, 2.24) is 21.3 Å². The van der Waals surface area contributed by atoms with Gasteiger partial charge in [0, 0.05) is 12.8 Å². The van der Waals surface area contributed by atoms with Crippen LogP contribution in [0.25, 0.3) is 0 Å². The van der Waals surface area contributed by atoms with Crippen molar-refractivity contribution >= 4 is 35.6 Å². The van der Waals surface area contributed by atoms with E-state index in [2.05, 4.69) is 21.3 Å². The monoisotopic (exact) mass is 597 g/mol. The molecule has 0 aliphatic heterocycles. The predicted octanol–water partition coefficient (Wildman–Crippen LogP) is -0.0249. The zero-order chi connectivity index (χ0) is 31.9. The third-order valence-corrected chi connectivity index (χ3v) is 6.32. The Morgan fingerprint density at radius 2 is 1.09 bits per heavy atom. The minimum atomic E-state index is -1.41.